The lowest BCUT2D eigenvalue weighted by Gasteiger charge is -2.11. The minimum absolute atomic E-state index is 0. The second-order valence-electron chi connectivity index (χ2n) is 6.81. The first kappa shape index (κ1) is 26.4. The summed E-state index contributed by atoms with van der Waals surface area (Å²) in [6.45, 7) is 1.45. The van der Waals surface area contributed by atoms with E-state index in [9.17, 15) is 22.6 Å². The summed E-state index contributed by atoms with van der Waals surface area (Å²) in [6.07, 6.45) is 0. The van der Waals surface area contributed by atoms with Gasteiger partial charge in [0.05, 0.1) is 0 Å². The normalized spacial score (nSPS) is 10.4. The van der Waals surface area contributed by atoms with E-state index >= 15 is 0 Å². The van der Waals surface area contributed by atoms with Gasteiger partial charge in [0.15, 0.2) is 5.78 Å². The number of ketones is 1. The molecule has 0 fully saturated rings. The molecule has 0 atom stereocenters. The van der Waals surface area contributed by atoms with Crippen molar-refractivity contribution in [1.82, 2.24) is 0 Å². The number of rotatable bonds is 6. The molecule has 3 N–H and O–H groups in total. The third kappa shape index (κ3) is 7.33. The zero-order chi connectivity index (χ0) is 25.5. The fraction of sp³-hybridized carbons (Fsp3) is 0.0909. The molecular weight excluding hydrogens is 484 g/mol. The number of hydrogen-bond acceptors (Lipinski definition) is 8. The molecule has 3 rings (SSSR count). The van der Waals surface area contributed by atoms with Crippen molar-refractivity contribution in [2.24, 2.45) is 0 Å². The summed E-state index contributed by atoms with van der Waals surface area (Å²) in [7, 11) is -5.89. The van der Waals surface area contributed by atoms with Gasteiger partial charge in [0.2, 0.25) is 0 Å². The smallest absolute Gasteiger partial charge is 0.388 e. The SMILES string of the molecule is CNc1ccc(-c2ccc(NC(=O)c3ccc(C(C)=O)cc3)cc2)c(S(=O)(=O)O)c1.O=S(=O)=O.[HH]. The average molecular weight is 507 g/mol. The van der Waals surface area contributed by atoms with E-state index in [-0.39, 0.29) is 18.0 Å². The third-order valence-corrected chi connectivity index (χ3v) is 5.45. The number of anilines is 2. The molecule has 0 aromatic heterocycles. The van der Waals surface area contributed by atoms with Gasteiger partial charge in [0.25, 0.3) is 16.0 Å². The van der Waals surface area contributed by atoms with Crippen LogP contribution >= 0.6 is 0 Å². The van der Waals surface area contributed by atoms with Crippen molar-refractivity contribution in [3.05, 3.63) is 77.9 Å². The first-order valence-electron chi connectivity index (χ1n) is 9.51. The zero-order valence-corrected chi connectivity index (χ0v) is 19.6. The number of nitrogens with one attached hydrogen (secondary N) is 2. The number of carbonyl (C=O) groups is 2. The molecule has 0 saturated carbocycles. The molecule has 0 heterocycles. The average Bonchev–Trinajstić information content (AvgIpc) is 2.78. The lowest BCUT2D eigenvalue weighted by atomic mass is 10.0. The van der Waals surface area contributed by atoms with Gasteiger partial charge in [-0.3, -0.25) is 14.1 Å². The van der Waals surface area contributed by atoms with Crippen LogP contribution in [0.5, 0.6) is 0 Å². The van der Waals surface area contributed by atoms with Gasteiger partial charge >= 0.3 is 10.6 Å². The van der Waals surface area contributed by atoms with Gasteiger partial charge in [-0.05, 0) is 48.9 Å². The molecule has 0 radical (unpaired) electrons. The summed E-state index contributed by atoms with van der Waals surface area (Å²) >= 11 is 0. The molecule has 0 aliphatic carbocycles. The predicted octanol–water partition coefficient (Wildman–Crippen LogP) is 3.34. The van der Waals surface area contributed by atoms with E-state index in [1.54, 1.807) is 67.7 Å². The highest BCUT2D eigenvalue weighted by Gasteiger charge is 2.17. The molecule has 180 valence electrons. The molecule has 3 aromatic carbocycles. The molecule has 34 heavy (non-hydrogen) atoms. The first-order valence-corrected chi connectivity index (χ1v) is 11.9. The fourth-order valence-corrected chi connectivity index (χ4v) is 3.66. The number of benzene rings is 3. The Morgan fingerprint density at radius 2 is 1.35 bits per heavy atom. The molecule has 0 saturated heterocycles. The summed E-state index contributed by atoms with van der Waals surface area (Å²) < 4.78 is 58.5. The van der Waals surface area contributed by atoms with Gasteiger partial charge in [-0.15, -0.1) is 12.6 Å². The van der Waals surface area contributed by atoms with E-state index in [4.69, 9.17) is 12.6 Å². The van der Waals surface area contributed by atoms with Gasteiger partial charge in [-0.25, -0.2) is 0 Å². The first-order chi connectivity index (χ1) is 15.9. The zero-order valence-electron chi connectivity index (χ0n) is 18.0. The topological polar surface area (TPSA) is 164 Å². The van der Waals surface area contributed by atoms with Crippen LogP contribution < -0.4 is 10.6 Å². The van der Waals surface area contributed by atoms with Gasteiger partial charge in [-0.1, -0.05) is 30.3 Å². The second-order valence-corrected chi connectivity index (χ2v) is 8.60. The summed E-state index contributed by atoms with van der Waals surface area (Å²) in [5, 5.41) is 5.58. The summed E-state index contributed by atoms with van der Waals surface area (Å²) in [6, 6.07) is 17.5. The van der Waals surface area contributed by atoms with Crippen molar-refractivity contribution in [1.29, 1.82) is 0 Å². The van der Waals surface area contributed by atoms with Crippen LogP contribution in [-0.4, -0.2) is 44.3 Å². The largest absolute Gasteiger partial charge is 0.425 e. The number of amides is 1. The molecular formula is C22H22N2O8S2. The minimum Gasteiger partial charge on any atom is -0.388 e. The molecule has 12 heteroatoms. The quantitative estimate of drug-likeness (QED) is 0.336. The Balaban J connectivity index is 0.00000114. The van der Waals surface area contributed by atoms with Crippen LogP contribution in [0, 0.1) is 0 Å². The summed E-state index contributed by atoms with van der Waals surface area (Å²) in [5.41, 5.74) is 2.89. The summed E-state index contributed by atoms with van der Waals surface area (Å²) in [4.78, 5) is 23.5. The Labute approximate surface area is 198 Å². The van der Waals surface area contributed by atoms with E-state index in [2.05, 4.69) is 10.6 Å². The minimum atomic E-state index is -4.42. The maximum Gasteiger partial charge on any atom is 0.425 e. The number of hydrogen-bond donors (Lipinski definition) is 3. The van der Waals surface area contributed by atoms with Crippen molar-refractivity contribution in [2.75, 3.05) is 17.7 Å². The van der Waals surface area contributed by atoms with Gasteiger partial charge in [-0.2, -0.15) is 8.42 Å². The summed E-state index contributed by atoms with van der Waals surface area (Å²) in [5.74, 6) is -0.417. The Morgan fingerprint density at radius 1 is 0.853 bits per heavy atom. The van der Waals surface area contributed by atoms with E-state index in [1.165, 1.54) is 13.0 Å². The van der Waals surface area contributed by atoms with E-state index in [0.29, 0.717) is 33.6 Å². The lowest BCUT2D eigenvalue weighted by molar-refractivity contribution is 0.101. The van der Waals surface area contributed by atoms with E-state index in [1.807, 2.05) is 0 Å². The molecule has 10 nitrogen and oxygen atoms in total. The highest BCUT2D eigenvalue weighted by atomic mass is 32.2. The van der Waals surface area contributed by atoms with Crippen molar-refractivity contribution >= 4 is 43.8 Å². The predicted molar refractivity (Wildman–Crippen MR) is 127 cm³/mol. The fourth-order valence-electron chi connectivity index (χ4n) is 2.92. The second kappa shape index (κ2) is 11.3. The van der Waals surface area contributed by atoms with Crippen LogP contribution in [0.1, 0.15) is 29.1 Å². The molecule has 0 aliphatic heterocycles. The van der Waals surface area contributed by atoms with Crippen molar-refractivity contribution in [3.63, 3.8) is 0 Å². The third-order valence-electron chi connectivity index (χ3n) is 4.56. The lowest BCUT2D eigenvalue weighted by Crippen LogP contribution is -2.12. The van der Waals surface area contributed by atoms with Crippen molar-refractivity contribution in [2.45, 2.75) is 11.8 Å². The Hall–Kier alpha value is -3.87. The van der Waals surface area contributed by atoms with Gasteiger partial charge in [0, 0.05) is 36.5 Å². The standard InChI is InChI=1S/C22H20N2O5S.O3S.H2/c1-14(25)15-3-5-17(6-4-15)22(26)24-18-9-7-16(8-10-18)20-12-11-19(23-2)13-21(20)30(27,28)29;1-4(2)3;/h3-13,23H,1-2H3,(H,24,26)(H,27,28,29);;1H. The van der Waals surface area contributed by atoms with E-state index in [0.717, 1.165) is 0 Å². The molecule has 0 spiro atoms. The van der Waals surface area contributed by atoms with E-state index < -0.39 is 20.7 Å². The maximum atomic E-state index is 12.4. The molecule has 0 unspecified atom stereocenters. The Morgan fingerprint density at radius 3 is 1.82 bits per heavy atom. The van der Waals surface area contributed by atoms with Crippen LogP contribution in [0.25, 0.3) is 11.1 Å². The van der Waals surface area contributed by atoms with Crippen molar-refractivity contribution in [3.8, 4) is 11.1 Å². The highest BCUT2D eigenvalue weighted by molar-refractivity contribution is 7.86. The molecule has 1 amide bonds. The van der Waals surface area contributed by atoms with Crippen molar-refractivity contribution < 1.29 is 36.6 Å². The number of Topliss-reactive ketones (excluding diaryl/α,β-unsaturated/α-hetero) is 1. The van der Waals surface area contributed by atoms with Crippen LogP contribution in [-0.2, 0) is 20.7 Å². The van der Waals surface area contributed by atoms with Crippen LogP contribution in [0.4, 0.5) is 11.4 Å². The monoisotopic (exact) mass is 506 g/mol. The van der Waals surface area contributed by atoms with Crippen LogP contribution in [0.2, 0.25) is 0 Å². The van der Waals surface area contributed by atoms with Gasteiger partial charge < -0.3 is 10.6 Å². The maximum absolute atomic E-state index is 12.4. The highest BCUT2D eigenvalue weighted by Crippen LogP contribution is 2.30. The van der Waals surface area contributed by atoms with Crippen LogP contribution in [0.3, 0.4) is 0 Å². The molecule has 3 aromatic rings. The molecule has 0 bridgehead atoms. The number of carbonyl (C=O) groups excluding carboxylic acids is 2. The van der Waals surface area contributed by atoms with Gasteiger partial charge in [0.1, 0.15) is 4.90 Å². The van der Waals surface area contributed by atoms with Crippen LogP contribution in [0.15, 0.2) is 71.6 Å². The Bertz CT molecular complexity index is 1420. The molecule has 0 aliphatic rings. The Kier molecular flexibility index (Phi) is 8.78.